The minimum atomic E-state index is 1.23. The van der Waals surface area contributed by atoms with Crippen molar-refractivity contribution in [2.75, 3.05) is 0 Å². The maximum absolute atomic E-state index is 2.54. The Bertz CT molecular complexity index is 1920. The molecule has 0 spiro atoms. The molecule has 0 saturated heterocycles. The fourth-order valence-electron chi connectivity index (χ4n) is 6.36. The highest BCUT2D eigenvalue weighted by Gasteiger charge is 2.23. The van der Waals surface area contributed by atoms with Crippen LogP contribution in [0.2, 0.25) is 0 Å². The summed E-state index contributed by atoms with van der Waals surface area (Å²) in [7, 11) is 0. The minimum absolute atomic E-state index is 1.23. The number of rotatable bonds is 16. The van der Waals surface area contributed by atoms with Gasteiger partial charge >= 0.3 is 0 Å². The Kier molecular flexibility index (Phi) is 10.1. The number of hydrogen-bond acceptors (Lipinski definition) is 7. The first kappa shape index (κ1) is 30.6. The molecular weight excluding hydrogens is 657 g/mol. The van der Waals surface area contributed by atoms with Crippen LogP contribution in [0.5, 0.6) is 0 Å². The van der Waals surface area contributed by atoms with Gasteiger partial charge in [-0.1, -0.05) is 78.1 Å². The maximum atomic E-state index is 2.54. The van der Waals surface area contributed by atoms with Crippen LogP contribution in [0.4, 0.5) is 0 Å². The summed E-state index contributed by atoms with van der Waals surface area (Å²) >= 11 is 13.9. The molecule has 0 fully saturated rings. The van der Waals surface area contributed by atoms with Crippen LogP contribution in [-0.4, -0.2) is 0 Å². The van der Waals surface area contributed by atoms with Gasteiger partial charge in [-0.25, -0.2) is 0 Å². The molecule has 0 radical (unpaired) electrons. The Hall–Kier alpha value is -1.06. The second-order valence-corrected chi connectivity index (χ2v) is 19.7. The molecule has 0 aliphatic rings. The van der Waals surface area contributed by atoms with Crippen LogP contribution >= 0.6 is 79.4 Å². The Morgan fingerprint density at radius 1 is 0.442 bits per heavy atom. The summed E-state index contributed by atoms with van der Waals surface area (Å²) in [6.45, 7) is 4.60. The Labute approximate surface area is 284 Å². The van der Waals surface area contributed by atoms with Crippen molar-refractivity contribution in [3.8, 4) is 22.3 Å². The predicted molar refractivity (Wildman–Crippen MR) is 207 cm³/mol. The molecule has 0 saturated carbocycles. The summed E-state index contributed by atoms with van der Waals surface area (Å²) in [6, 6.07) is 5.04. The van der Waals surface area contributed by atoms with Gasteiger partial charge in [-0.15, -0.1) is 79.4 Å². The monoisotopic (exact) mass is 696 g/mol. The molecule has 7 heteroatoms. The highest BCUT2D eigenvalue weighted by atomic mass is 32.2. The van der Waals surface area contributed by atoms with Crippen molar-refractivity contribution >= 4 is 117 Å². The van der Waals surface area contributed by atoms with E-state index in [0.29, 0.717) is 0 Å². The molecule has 0 amide bonds. The summed E-state index contributed by atoms with van der Waals surface area (Å²) < 4.78 is 6.00. The average Bonchev–Trinajstić information content (AvgIpc) is 3.83. The van der Waals surface area contributed by atoms with Gasteiger partial charge in [-0.3, -0.25) is 0 Å². The summed E-state index contributed by atoms with van der Waals surface area (Å²) in [4.78, 5) is 3.13. The van der Waals surface area contributed by atoms with E-state index in [1.807, 2.05) is 68.0 Å². The van der Waals surface area contributed by atoms with E-state index in [2.05, 4.69) is 58.8 Å². The highest BCUT2D eigenvalue weighted by Crippen LogP contribution is 2.54. The second-order valence-electron chi connectivity index (χ2n) is 11.9. The zero-order chi connectivity index (χ0) is 29.2. The van der Waals surface area contributed by atoms with Gasteiger partial charge in [0.05, 0.1) is 16.1 Å². The standard InChI is InChI=1S/C36H40S7/c1-3-5-7-9-11-13-15-24-17-23(19-37-24)27-20-38-35-31(27)32-29(22-40-36(32)43-35)28-21-39-34-30(28)26-18-25(41-33(26)42-34)16-14-12-10-8-6-4-2/h17-22H,3-16H2,1-2H3. The smallest absolute Gasteiger partial charge is 0.0892 e. The second kappa shape index (κ2) is 14.1. The van der Waals surface area contributed by atoms with E-state index in [9.17, 15) is 0 Å². The third-order valence-corrected chi connectivity index (χ3v) is 16.7. The van der Waals surface area contributed by atoms with E-state index in [0.717, 1.165) is 0 Å². The van der Waals surface area contributed by atoms with E-state index >= 15 is 0 Å². The summed E-state index contributed by atoms with van der Waals surface area (Å²) in [5.74, 6) is 0. The number of aryl methyl sites for hydroxylation is 2. The third-order valence-electron chi connectivity index (χ3n) is 8.72. The maximum Gasteiger partial charge on any atom is 0.0892 e. The summed E-state index contributed by atoms with van der Waals surface area (Å²) in [5, 5.41) is 15.8. The van der Waals surface area contributed by atoms with Gasteiger partial charge < -0.3 is 0 Å². The quantitative estimate of drug-likeness (QED) is 0.0882. The predicted octanol–water partition coefficient (Wildman–Crippen LogP) is 15.9. The van der Waals surface area contributed by atoms with Gasteiger partial charge in [0, 0.05) is 64.1 Å². The van der Waals surface area contributed by atoms with Crippen molar-refractivity contribution in [2.24, 2.45) is 0 Å². The lowest BCUT2D eigenvalue weighted by atomic mass is 10.0. The van der Waals surface area contributed by atoms with Crippen molar-refractivity contribution in [2.45, 2.75) is 104 Å². The molecule has 7 aromatic rings. The van der Waals surface area contributed by atoms with Crippen molar-refractivity contribution < 1.29 is 0 Å². The molecule has 0 N–H and O–H groups in total. The number of fused-ring (bicyclic) bond motifs is 6. The summed E-state index contributed by atoms with van der Waals surface area (Å²) in [6.07, 6.45) is 18.9. The lowest BCUT2D eigenvalue weighted by Crippen LogP contribution is -1.82. The normalized spacial score (nSPS) is 12.3. The van der Waals surface area contributed by atoms with E-state index in [4.69, 9.17) is 0 Å². The highest BCUT2D eigenvalue weighted by molar-refractivity contribution is 7.49. The fourth-order valence-corrected chi connectivity index (χ4v) is 15.0. The van der Waals surface area contributed by atoms with Crippen LogP contribution in [0.25, 0.3) is 59.9 Å². The Morgan fingerprint density at radius 2 is 0.977 bits per heavy atom. The molecule has 0 unspecified atom stereocenters. The van der Waals surface area contributed by atoms with Gasteiger partial charge in [0.15, 0.2) is 0 Å². The number of unbranched alkanes of at least 4 members (excludes halogenated alkanes) is 10. The van der Waals surface area contributed by atoms with Crippen molar-refractivity contribution in [3.05, 3.63) is 43.4 Å². The fraction of sp³-hybridized carbons (Fsp3) is 0.444. The van der Waals surface area contributed by atoms with E-state index in [1.54, 1.807) is 9.75 Å². The van der Waals surface area contributed by atoms with Crippen molar-refractivity contribution in [1.82, 2.24) is 0 Å². The molecule has 0 atom stereocenters. The number of hydrogen-bond donors (Lipinski definition) is 0. The first-order valence-corrected chi connectivity index (χ1v) is 22.1. The van der Waals surface area contributed by atoms with E-state index in [1.165, 1.54) is 150 Å². The van der Waals surface area contributed by atoms with Crippen LogP contribution < -0.4 is 0 Å². The molecule has 226 valence electrons. The lowest BCUT2D eigenvalue weighted by molar-refractivity contribution is 0.609. The topological polar surface area (TPSA) is 0 Å². The molecule has 43 heavy (non-hydrogen) atoms. The molecule has 0 nitrogen and oxygen atoms in total. The molecule has 7 rings (SSSR count). The van der Waals surface area contributed by atoms with Gasteiger partial charge in [0.25, 0.3) is 0 Å². The van der Waals surface area contributed by atoms with E-state index in [-0.39, 0.29) is 0 Å². The average molecular weight is 697 g/mol. The molecule has 0 bridgehead atoms. The Morgan fingerprint density at radius 3 is 1.67 bits per heavy atom. The molecule has 7 heterocycles. The minimum Gasteiger partial charge on any atom is -0.148 e. The molecular formula is C36H40S7. The van der Waals surface area contributed by atoms with Gasteiger partial charge in [0.2, 0.25) is 0 Å². The largest absolute Gasteiger partial charge is 0.148 e. The van der Waals surface area contributed by atoms with Crippen molar-refractivity contribution in [3.63, 3.8) is 0 Å². The van der Waals surface area contributed by atoms with Crippen LogP contribution in [0.1, 0.15) is 101 Å². The van der Waals surface area contributed by atoms with Gasteiger partial charge in [0.1, 0.15) is 0 Å². The molecule has 0 aliphatic heterocycles. The SMILES string of the molecule is CCCCCCCCc1cc(-c2csc3sc4scc(-c5csc6sc7sc(CCCCCCCC)cc7c56)c4c23)cs1. The van der Waals surface area contributed by atoms with Crippen molar-refractivity contribution in [1.29, 1.82) is 0 Å². The molecule has 0 aliphatic carbocycles. The van der Waals surface area contributed by atoms with Gasteiger partial charge in [-0.05, 0) is 48.8 Å². The number of thiophene rings is 7. The molecule has 0 aromatic carbocycles. The summed E-state index contributed by atoms with van der Waals surface area (Å²) in [5.41, 5.74) is 5.81. The van der Waals surface area contributed by atoms with Crippen LogP contribution in [0, 0.1) is 0 Å². The van der Waals surface area contributed by atoms with Gasteiger partial charge in [-0.2, -0.15) is 0 Å². The van der Waals surface area contributed by atoms with Crippen LogP contribution in [0.3, 0.4) is 0 Å². The third kappa shape index (κ3) is 6.34. The Balaban J connectivity index is 1.16. The molecule has 7 aromatic heterocycles. The zero-order valence-corrected chi connectivity index (χ0v) is 30.9. The van der Waals surface area contributed by atoms with Crippen LogP contribution in [0.15, 0.2) is 33.7 Å². The first-order valence-electron chi connectivity index (χ1n) is 16.2. The van der Waals surface area contributed by atoms with Crippen LogP contribution in [-0.2, 0) is 12.8 Å². The zero-order valence-electron chi connectivity index (χ0n) is 25.2. The van der Waals surface area contributed by atoms with E-state index < -0.39 is 0 Å². The first-order chi connectivity index (χ1) is 21.2. The lowest BCUT2D eigenvalue weighted by Gasteiger charge is -2.00.